The van der Waals surface area contributed by atoms with Crippen LogP contribution in [0.15, 0.2) is 62.9 Å². The molecule has 2 aromatic carbocycles. The van der Waals surface area contributed by atoms with Crippen LogP contribution in [0.2, 0.25) is 0 Å². The van der Waals surface area contributed by atoms with E-state index in [1.807, 2.05) is 62.4 Å². The van der Waals surface area contributed by atoms with E-state index in [0.29, 0.717) is 40.9 Å². The maximum Gasteiger partial charge on any atom is 0.262 e. The van der Waals surface area contributed by atoms with Crippen molar-refractivity contribution in [2.24, 2.45) is 0 Å². The van der Waals surface area contributed by atoms with Gasteiger partial charge in [-0.3, -0.25) is 9.36 Å². The molecule has 4 aromatic rings. The van der Waals surface area contributed by atoms with Crippen LogP contribution in [0.4, 0.5) is 0 Å². The summed E-state index contributed by atoms with van der Waals surface area (Å²) < 4.78 is 19.3. The molecule has 0 saturated carbocycles. The van der Waals surface area contributed by atoms with Crippen LogP contribution in [0.3, 0.4) is 0 Å². The number of rotatable bonds is 8. The molecule has 1 aliphatic heterocycles. The molecule has 0 N–H and O–H groups in total. The molecule has 0 spiro atoms. The number of aryl methyl sites for hydroxylation is 1. The van der Waals surface area contributed by atoms with Crippen molar-refractivity contribution in [1.29, 1.82) is 0 Å². The summed E-state index contributed by atoms with van der Waals surface area (Å²) in [7, 11) is 0. The smallest absolute Gasteiger partial charge is 0.262 e. The van der Waals surface area contributed by atoms with Gasteiger partial charge in [0.1, 0.15) is 11.5 Å². The third-order valence-corrected chi connectivity index (χ3v) is 6.87. The summed E-state index contributed by atoms with van der Waals surface area (Å²) in [6, 6.07) is 15.2. The van der Waals surface area contributed by atoms with E-state index in [9.17, 15) is 4.79 Å². The van der Waals surface area contributed by atoms with Gasteiger partial charge in [0, 0.05) is 12.4 Å². The summed E-state index contributed by atoms with van der Waals surface area (Å²) in [5, 5.41) is 1.29. The molecule has 8 heteroatoms. The van der Waals surface area contributed by atoms with Gasteiger partial charge in [-0.1, -0.05) is 36.0 Å². The highest BCUT2D eigenvalue weighted by Gasteiger charge is 2.21. The Balaban J connectivity index is 1.45. The molecule has 0 radical (unpaired) electrons. The number of oxazole rings is 1. The minimum Gasteiger partial charge on any atom is -0.493 e. The minimum absolute atomic E-state index is 0.0354. The first-order chi connectivity index (χ1) is 16.6. The Morgan fingerprint density at radius 2 is 1.97 bits per heavy atom. The number of hydrogen-bond acceptors (Lipinski definition) is 7. The number of fused-ring (bicyclic) bond motifs is 1. The number of para-hydroxylation sites is 2. The van der Waals surface area contributed by atoms with Crippen molar-refractivity contribution in [2.45, 2.75) is 50.2 Å². The molecule has 0 aliphatic carbocycles. The van der Waals surface area contributed by atoms with Crippen LogP contribution >= 0.6 is 11.8 Å². The lowest BCUT2D eigenvalue weighted by Gasteiger charge is -2.16. The highest BCUT2D eigenvalue weighted by atomic mass is 32.2. The van der Waals surface area contributed by atoms with Crippen molar-refractivity contribution < 1.29 is 13.9 Å². The van der Waals surface area contributed by atoms with E-state index in [1.54, 1.807) is 4.57 Å². The molecule has 0 bridgehead atoms. The van der Waals surface area contributed by atoms with Crippen LogP contribution < -0.4 is 10.3 Å². The number of thioether (sulfide) groups is 1. The van der Waals surface area contributed by atoms with Crippen molar-refractivity contribution in [3.63, 3.8) is 0 Å². The summed E-state index contributed by atoms with van der Waals surface area (Å²) in [5.74, 6) is 2.54. The van der Waals surface area contributed by atoms with Crippen LogP contribution in [-0.2, 0) is 17.0 Å². The molecule has 7 nitrogen and oxygen atoms in total. The number of nitrogens with zero attached hydrogens (tertiary/aromatic N) is 3. The molecule has 34 heavy (non-hydrogen) atoms. The van der Waals surface area contributed by atoms with Crippen molar-refractivity contribution in [3.05, 3.63) is 70.3 Å². The largest absolute Gasteiger partial charge is 0.493 e. The van der Waals surface area contributed by atoms with Gasteiger partial charge >= 0.3 is 0 Å². The number of benzene rings is 2. The SMILES string of the molecule is CCOc1ccccc1-c1nc(CSc2nc3ccccc3c(=O)n2C[C@H]2CCCO2)c(C)o1. The van der Waals surface area contributed by atoms with Gasteiger partial charge in [0.25, 0.3) is 5.56 Å². The van der Waals surface area contributed by atoms with Crippen molar-refractivity contribution in [2.75, 3.05) is 13.2 Å². The number of aromatic nitrogens is 3. The van der Waals surface area contributed by atoms with E-state index >= 15 is 0 Å². The molecule has 3 heterocycles. The third-order valence-electron chi connectivity index (χ3n) is 5.88. The molecule has 1 aliphatic rings. The van der Waals surface area contributed by atoms with Crippen molar-refractivity contribution >= 4 is 22.7 Å². The standard InChI is InChI=1S/C26H27N3O4S/c1-3-31-23-13-7-5-11-20(23)24-27-22(17(2)33-24)16-34-26-28-21-12-6-4-10-19(21)25(30)29(26)15-18-9-8-14-32-18/h4-7,10-13,18H,3,8-9,14-16H2,1-2H3/t18-/m1/s1. The van der Waals surface area contributed by atoms with E-state index < -0.39 is 0 Å². The summed E-state index contributed by atoms with van der Waals surface area (Å²) >= 11 is 1.49. The summed E-state index contributed by atoms with van der Waals surface area (Å²) in [4.78, 5) is 22.9. The fourth-order valence-corrected chi connectivity index (χ4v) is 5.16. The Labute approximate surface area is 202 Å². The lowest BCUT2D eigenvalue weighted by molar-refractivity contribution is 0.0937. The van der Waals surface area contributed by atoms with Gasteiger partial charge in [-0.05, 0) is 51.0 Å². The first-order valence-corrected chi connectivity index (χ1v) is 12.5. The first kappa shape index (κ1) is 22.7. The zero-order valence-corrected chi connectivity index (χ0v) is 20.1. The van der Waals surface area contributed by atoms with E-state index in [0.717, 1.165) is 42.2 Å². The van der Waals surface area contributed by atoms with Gasteiger partial charge in [0.15, 0.2) is 5.16 Å². The Morgan fingerprint density at radius 1 is 1.15 bits per heavy atom. The van der Waals surface area contributed by atoms with Gasteiger partial charge in [0.2, 0.25) is 5.89 Å². The molecular formula is C26H27N3O4S. The monoisotopic (exact) mass is 477 g/mol. The van der Waals surface area contributed by atoms with Crippen LogP contribution in [0.25, 0.3) is 22.4 Å². The lowest BCUT2D eigenvalue weighted by atomic mass is 10.2. The molecule has 0 unspecified atom stereocenters. The second-order valence-corrected chi connectivity index (χ2v) is 9.14. The molecule has 5 rings (SSSR count). The average Bonchev–Trinajstić information content (AvgIpc) is 3.50. The molecule has 176 valence electrons. The normalized spacial score (nSPS) is 15.8. The van der Waals surface area contributed by atoms with Crippen LogP contribution in [-0.4, -0.2) is 33.9 Å². The van der Waals surface area contributed by atoms with Gasteiger partial charge in [-0.25, -0.2) is 9.97 Å². The zero-order valence-electron chi connectivity index (χ0n) is 19.3. The highest BCUT2D eigenvalue weighted by molar-refractivity contribution is 7.98. The van der Waals surface area contributed by atoms with Crippen LogP contribution in [0.5, 0.6) is 5.75 Å². The molecule has 0 amide bonds. The van der Waals surface area contributed by atoms with Crippen LogP contribution in [0, 0.1) is 6.92 Å². The maximum absolute atomic E-state index is 13.3. The van der Waals surface area contributed by atoms with E-state index in [1.165, 1.54) is 11.8 Å². The zero-order chi connectivity index (χ0) is 23.5. The quantitative estimate of drug-likeness (QED) is 0.254. The second-order valence-electron chi connectivity index (χ2n) is 8.20. The van der Waals surface area contributed by atoms with E-state index in [2.05, 4.69) is 0 Å². The Morgan fingerprint density at radius 3 is 2.79 bits per heavy atom. The Kier molecular flexibility index (Phi) is 6.69. The molecule has 1 saturated heterocycles. The van der Waals surface area contributed by atoms with Crippen molar-refractivity contribution in [1.82, 2.24) is 14.5 Å². The summed E-state index contributed by atoms with van der Waals surface area (Å²) in [6.07, 6.45) is 2.01. The molecule has 1 fully saturated rings. The minimum atomic E-state index is -0.0354. The van der Waals surface area contributed by atoms with Gasteiger partial charge in [-0.15, -0.1) is 0 Å². The predicted molar refractivity (Wildman–Crippen MR) is 132 cm³/mol. The highest BCUT2D eigenvalue weighted by Crippen LogP contribution is 2.32. The molecule has 1 atom stereocenters. The van der Waals surface area contributed by atoms with E-state index in [4.69, 9.17) is 23.9 Å². The molecular weight excluding hydrogens is 450 g/mol. The van der Waals surface area contributed by atoms with Gasteiger partial charge < -0.3 is 13.9 Å². The maximum atomic E-state index is 13.3. The third kappa shape index (κ3) is 4.60. The van der Waals surface area contributed by atoms with Crippen molar-refractivity contribution in [3.8, 4) is 17.2 Å². The Hall–Kier alpha value is -3.10. The topological polar surface area (TPSA) is 79.4 Å². The fraction of sp³-hybridized carbons (Fsp3) is 0.346. The fourth-order valence-electron chi connectivity index (χ4n) is 4.15. The lowest BCUT2D eigenvalue weighted by Crippen LogP contribution is -2.28. The van der Waals surface area contributed by atoms with Gasteiger partial charge in [0.05, 0.1) is 41.4 Å². The first-order valence-electron chi connectivity index (χ1n) is 11.6. The predicted octanol–water partition coefficient (Wildman–Crippen LogP) is 5.23. The number of hydrogen-bond donors (Lipinski definition) is 0. The Bertz CT molecular complexity index is 1360. The average molecular weight is 478 g/mol. The number of ether oxygens (including phenoxy) is 2. The van der Waals surface area contributed by atoms with Crippen LogP contribution in [0.1, 0.15) is 31.2 Å². The summed E-state index contributed by atoms with van der Waals surface area (Å²) in [6.45, 7) is 5.67. The van der Waals surface area contributed by atoms with Gasteiger partial charge in [-0.2, -0.15) is 0 Å². The second kappa shape index (κ2) is 10.0. The van der Waals surface area contributed by atoms with E-state index in [-0.39, 0.29) is 11.7 Å². The molecule has 2 aromatic heterocycles. The summed E-state index contributed by atoms with van der Waals surface area (Å²) in [5.41, 5.74) is 2.30.